The second kappa shape index (κ2) is 5.93. The molecule has 0 amide bonds. The summed E-state index contributed by atoms with van der Waals surface area (Å²) in [6, 6.07) is 5.71. The number of benzene rings is 1. The zero-order valence-corrected chi connectivity index (χ0v) is 11.0. The summed E-state index contributed by atoms with van der Waals surface area (Å²) in [5, 5.41) is 9.13. The second-order valence-electron chi connectivity index (χ2n) is 5.22. The number of rotatable bonds is 6. The molecular weight excluding hydrogens is 249 g/mol. The van der Waals surface area contributed by atoms with Gasteiger partial charge in [0.2, 0.25) is 0 Å². The molecule has 1 aromatic carbocycles. The smallest absolute Gasteiger partial charge is 0.307 e. The molecule has 0 bridgehead atoms. The van der Waals surface area contributed by atoms with E-state index in [-0.39, 0.29) is 18.6 Å². The van der Waals surface area contributed by atoms with Crippen molar-refractivity contribution in [1.82, 2.24) is 0 Å². The summed E-state index contributed by atoms with van der Waals surface area (Å²) in [5.74, 6) is -2.72. The van der Waals surface area contributed by atoms with Crippen LogP contribution in [0.15, 0.2) is 24.3 Å². The lowest BCUT2D eigenvalue weighted by atomic mass is 9.88. The molecule has 0 fully saturated rings. The minimum Gasteiger partial charge on any atom is -0.481 e. The van der Waals surface area contributed by atoms with Crippen LogP contribution in [0.2, 0.25) is 0 Å². The highest BCUT2D eigenvalue weighted by Crippen LogP contribution is 2.17. The number of carbonyl (C=O) groups is 2. The average Bonchev–Trinajstić information content (AvgIpc) is 2.26. The first-order chi connectivity index (χ1) is 8.70. The van der Waals surface area contributed by atoms with E-state index in [9.17, 15) is 14.0 Å². The summed E-state index contributed by atoms with van der Waals surface area (Å²) >= 11 is 0. The number of aliphatic carboxylic acids is 1. The molecule has 0 radical (unpaired) electrons. The van der Waals surface area contributed by atoms with Crippen LogP contribution in [0.3, 0.4) is 0 Å². The van der Waals surface area contributed by atoms with E-state index in [1.54, 1.807) is 6.07 Å². The van der Waals surface area contributed by atoms with E-state index in [1.165, 1.54) is 32.0 Å². The van der Waals surface area contributed by atoms with Crippen LogP contribution in [-0.2, 0) is 16.0 Å². The lowest BCUT2D eigenvalue weighted by Gasteiger charge is -2.19. The third-order valence-corrected chi connectivity index (χ3v) is 2.87. The van der Waals surface area contributed by atoms with E-state index in [1.807, 2.05) is 0 Å². The van der Waals surface area contributed by atoms with Gasteiger partial charge >= 0.3 is 5.97 Å². The number of halogens is 1. The van der Waals surface area contributed by atoms with Crippen LogP contribution in [0.4, 0.5) is 4.39 Å². The molecular formula is C14H18FNO3. The van der Waals surface area contributed by atoms with Crippen molar-refractivity contribution in [2.24, 2.45) is 11.7 Å². The van der Waals surface area contributed by atoms with Gasteiger partial charge in [-0.2, -0.15) is 0 Å². The maximum absolute atomic E-state index is 13.0. The van der Waals surface area contributed by atoms with E-state index >= 15 is 0 Å². The Kier molecular flexibility index (Phi) is 4.78. The van der Waals surface area contributed by atoms with Gasteiger partial charge in [0.05, 0.1) is 11.5 Å². The minimum absolute atomic E-state index is 0.106. The molecule has 0 saturated heterocycles. The fourth-order valence-corrected chi connectivity index (χ4v) is 1.68. The summed E-state index contributed by atoms with van der Waals surface area (Å²) in [6.45, 7) is 3.08. The zero-order chi connectivity index (χ0) is 14.6. The molecule has 1 rings (SSSR count). The Morgan fingerprint density at radius 3 is 2.53 bits per heavy atom. The van der Waals surface area contributed by atoms with E-state index in [0.717, 1.165) is 0 Å². The van der Waals surface area contributed by atoms with Crippen LogP contribution in [0.5, 0.6) is 0 Å². The monoisotopic (exact) mass is 267 g/mol. The maximum Gasteiger partial charge on any atom is 0.307 e. The van der Waals surface area contributed by atoms with Gasteiger partial charge in [0.15, 0.2) is 5.78 Å². The molecule has 4 nitrogen and oxygen atoms in total. The number of nitrogens with two attached hydrogens (primary N) is 1. The number of hydrogen-bond donors (Lipinski definition) is 2. The number of carboxylic acid groups (broad SMARTS) is 1. The molecule has 0 saturated carbocycles. The Balaban J connectivity index is 2.80. The standard InChI is InChI=1S/C14H18FNO3/c1-14(2,16)12(17)8-10(13(18)19)6-9-4-3-5-11(15)7-9/h3-5,7,10H,6,8,16H2,1-2H3,(H,18,19). The van der Waals surface area contributed by atoms with Crippen molar-refractivity contribution in [2.45, 2.75) is 32.2 Å². The highest BCUT2D eigenvalue weighted by Gasteiger charge is 2.28. The van der Waals surface area contributed by atoms with Gasteiger partial charge in [0.1, 0.15) is 5.82 Å². The molecule has 1 aromatic rings. The molecule has 1 atom stereocenters. The van der Waals surface area contributed by atoms with Gasteiger partial charge in [-0.05, 0) is 38.0 Å². The molecule has 0 aliphatic carbocycles. The molecule has 104 valence electrons. The van der Waals surface area contributed by atoms with E-state index in [2.05, 4.69) is 0 Å². The molecule has 1 unspecified atom stereocenters. The predicted octanol–water partition coefficient (Wildman–Crippen LogP) is 1.77. The van der Waals surface area contributed by atoms with Crippen LogP contribution in [-0.4, -0.2) is 22.4 Å². The first kappa shape index (κ1) is 15.3. The minimum atomic E-state index is -1.08. The number of carbonyl (C=O) groups excluding carboxylic acids is 1. The second-order valence-corrected chi connectivity index (χ2v) is 5.22. The number of hydrogen-bond acceptors (Lipinski definition) is 3. The van der Waals surface area contributed by atoms with Gasteiger partial charge in [-0.25, -0.2) is 4.39 Å². The molecule has 0 aliphatic heterocycles. The normalized spacial score (nSPS) is 13.1. The van der Waals surface area contributed by atoms with Crippen molar-refractivity contribution in [2.75, 3.05) is 0 Å². The van der Waals surface area contributed by atoms with Gasteiger partial charge in [-0.1, -0.05) is 12.1 Å². The van der Waals surface area contributed by atoms with Crippen molar-refractivity contribution in [1.29, 1.82) is 0 Å². The summed E-state index contributed by atoms with van der Waals surface area (Å²) in [5.41, 5.74) is 5.13. The van der Waals surface area contributed by atoms with Crippen LogP contribution in [0, 0.1) is 11.7 Å². The van der Waals surface area contributed by atoms with Crippen molar-refractivity contribution >= 4 is 11.8 Å². The lowest BCUT2D eigenvalue weighted by Crippen LogP contribution is -2.43. The van der Waals surface area contributed by atoms with Gasteiger partial charge in [0, 0.05) is 6.42 Å². The number of Topliss-reactive ketones (excluding diaryl/α,β-unsaturated/α-hetero) is 1. The fourth-order valence-electron chi connectivity index (χ4n) is 1.68. The Labute approximate surface area is 111 Å². The fraction of sp³-hybridized carbons (Fsp3) is 0.429. The quantitative estimate of drug-likeness (QED) is 0.823. The Morgan fingerprint density at radius 2 is 2.05 bits per heavy atom. The highest BCUT2D eigenvalue weighted by atomic mass is 19.1. The predicted molar refractivity (Wildman–Crippen MR) is 69.1 cm³/mol. The topological polar surface area (TPSA) is 80.4 Å². The first-order valence-corrected chi connectivity index (χ1v) is 5.99. The van der Waals surface area contributed by atoms with Crippen LogP contribution >= 0.6 is 0 Å². The molecule has 0 spiro atoms. The van der Waals surface area contributed by atoms with E-state index in [0.29, 0.717) is 5.56 Å². The zero-order valence-electron chi connectivity index (χ0n) is 11.0. The largest absolute Gasteiger partial charge is 0.481 e. The van der Waals surface area contributed by atoms with Gasteiger partial charge in [-0.3, -0.25) is 9.59 Å². The van der Waals surface area contributed by atoms with Crippen molar-refractivity contribution in [3.05, 3.63) is 35.6 Å². The average molecular weight is 267 g/mol. The van der Waals surface area contributed by atoms with Gasteiger partial charge < -0.3 is 10.8 Å². The Bertz CT molecular complexity index is 480. The third-order valence-electron chi connectivity index (χ3n) is 2.87. The Hall–Kier alpha value is -1.75. The van der Waals surface area contributed by atoms with Crippen molar-refractivity contribution in [3.8, 4) is 0 Å². The summed E-state index contributed by atoms with van der Waals surface area (Å²) in [4.78, 5) is 22.9. The lowest BCUT2D eigenvalue weighted by molar-refractivity contribution is -0.144. The molecule has 3 N–H and O–H groups in total. The number of ketones is 1. The number of carboxylic acids is 1. The molecule has 0 aliphatic rings. The van der Waals surface area contributed by atoms with Crippen molar-refractivity contribution < 1.29 is 19.1 Å². The summed E-state index contributed by atoms with van der Waals surface area (Å²) in [7, 11) is 0. The SMILES string of the molecule is CC(C)(N)C(=O)CC(Cc1cccc(F)c1)C(=O)O. The van der Waals surface area contributed by atoms with E-state index < -0.39 is 23.2 Å². The van der Waals surface area contributed by atoms with Crippen LogP contribution in [0.25, 0.3) is 0 Å². The summed E-state index contributed by atoms with van der Waals surface area (Å²) in [6.07, 6.45) is -0.0513. The highest BCUT2D eigenvalue weighted by molar-refractivity contribution is 5.90. The summed E-state index contributed by atoms with van der Waals surface area (Å²) < 4.78 is 13.0. The van der Waals surface area contributed by atoms with Gasteiger partial charge in [0.25, 0.3) is 0 Å². The molecule has 19 heavy (non-hydrogen) atoms. The third kappa shape index (κ3) is 4.79. The van der Waals surface area contributed by atoms with E-state index in [4.69, 9.17) is 10.8 Å². The maximum atomic E-state index is 13.0. The Morgan fingerprint density at radius 1 is 1.42 bits per heavy atom. The van der Waals surface area contributed by atoms with Crippen LogP contribution in [0.1, 0.15) is 25.8 Å². The van der Waals surface area contributed by atoms with Crippen molar-refractivity contribution in [3.63, 3.8) is 0 Å². The molecule has 0 heterocycles. The van der Waals surface area contributed by atoms with Gasteiger partial charge in [-0.15, -0.1) is 0 Å². The first-order valence-electron chi connectivity index (χ1n) is 5.99. The molecule has 5 heteroatoms. The van der Waals surface area contributed by atoms with Crippen LogP contribution < -0.4 is 5.73 Å². The molecule has 0 aromatic heterocycles.